The summed E-state index contributed by atoms with van der Waals surface area (Å²) < 4.78 is 14.2. The van der Waals surface area contributed by atoms with Crippen molar-refractivity contribution in [3.63, 3.8) is 0 Å². The van der Waals surface area contributed by atoms with Crippen molar-refractivity contribution in [2.45, 2.75) is 13.0 Å². The number of anilines is 2. The van der Waals surface area contributed by atoms with Crippen LogP contribution in [-0.2, 0) is 0 Å². The lowest BCUT2D eigenvalue weighted by atomic mass is 9.93. The van der Waals surface area contributed by atoms with Gasteiger partial charge >= 0.3 is 0 Å². The normalized spacial score (nSPS) is 11.6. The lowest BCUT2D eigenvalue weighted by Crippen LogP contribution is -2.24. The Morgan fingerprint density at radius 1 is 1.21 bits per heavy atom. The molecule has 4 rings (SSSR count). The number of hydrogen-bond donors (Lipinski definition) is 2. The number of nitrogen functional groups attached to an aromatic ring is 1. The van der Waals surface area contributed by atoms with E-state index in [2.05, 4.69) is 20.3 Å². The highest BCUT2D eigenvalue weighted by molar-refractivity contribution is 6.11. The highest BCUT2D eigenvalue weighted by Crippen LogP contribution is 2.36. The number of aromatic nitrogens is 4. The third-order valence-electron chi connectivity index (χ3n) is 5.27. The van der Waals surface area contributed by atoms with Gasteiger partial charge in [-0.15, -0.1) is 0 Å². The summed E-state index contributed by atoms with van der Waals surface area (Å²) in [6.07, 6.45) is 2.86. The topological polar surface area (TPSA) is 134 Å². The Labute approximate surface area is 195 Å². The molecule has 1 aromatic carbocycles. The summed E-state index contributed by atoms with van der Waals surface area (Å²) in [5, 5.41) is 13.0. The summed E-state index contributed by atoms with van der Waals surface area (Å²) in [5.74, 6) is -0.530. The molecule has 10 heteroatoms. The second-order valence-electron chi connectivity index (χ2n) is 7.78. The number of benzene rings is 1. The van der Waals surface area contributed by atoms with Crippen LogP contribution in [0.15, 0.2) is 48.9 Å². The van der Waals surface area contributed by atoms with Crippen LogP contribution >= 0.6 is 0 Å². The lowest BCUT2D eigenvalue weighted by Gasteiger charge is -2.23. The summed E-state index contributed by atoms with van der Waals surface area (Å²) in [6, 6.07) is 10.9. The van der Waals surface area contributed by atoms with Crippen molar-refractivity contribution in [3.05, 3.63) is 71.6 Å². The second kappa shape index (κ2) is 9.07. The molecule has 3 N–H and O–H groups in total. The monoisotopic (exact) mass is 456 g/mol. The molecule has 1 amide bonds. The molecule has 1 unspecified atom stereocenters. The van der Waals surface area contributed by atoms with E-state index in [1.807, 2.05) is 13.0 Å². The molecular weight excluding hydrogens is 435 g/mol. The van der Waals surface area contributed by atoms with E-state index in [-0.39, 0.29) is 28.7 Å². The number of fused-ring (bicyclic) bond motifs is 1. The molecule has 4 aromatic rings. The molecule has 3 aromatic heterocycles. The number of nitrogens with zero attached hydrogens (tertiary/aromatic N) is 6. The van der Waals surface area contributed by atoms with Gasteiger partial charge in [-0.05, 0) is 37.3 Å². The minimum Gasteiger partial charge on any atom is -0.382 e. The van der Waals surface area contributed by atoms with Gasteiger partial charge in [0.1, 0.15) is 35.4 Å². The number of rotatable bonds is 5. The van der Waals surface area contributed by atoms with Crippen molar-refractivity contribution in [3.8, 4) is 17.3 Å². The fourth-order valence-electron chi connectivity index (χ4n) is 3.68. The first kappa shape index (κ1) is 22.5. The van der Waals surface area contributed by atoms with Crippen LogP contribution in [0.5, 0.6) is 0 Å². The van der Waals surface area contributed by atoms with E-state index >= 15 is 0 Å². The van der Waals surface area contributed by atoms with Crippen LogP contribution in [0.1, 0.15) is 34.6 Å². The van der Waals surface area contributed by atoms with Crippen molar-refractivity contribution >= 4 is 28.4 Å². The number of carbonyl (C=O) groups is 1. The summed E-state index contributed by atoms with van der Waals surface area (Å²) in [7, 11) is 3.25. The average molecular weight is 456 g/mol. The number of amides is 1. The van der Waals surface area contributed by atoms with Gasteiger partial charge in [-0.3, -0.25) is 9.78 Å². The molecule has 1 atom stereocenters. The van der Waals surface area contributed by atoms with Crippen molar-refractivity contribution < 1.29 is 9.18 Å². The van der Waals surface area contributed by atoms with E-state index in [1.165, 1.54) is 29.4 Å². The van der Waals surface area contributed by atoms with Crippen LogP contribution < -0.4 is 11.1 Å². The van der Waals surface area contributed by atoms with E-state index in [1.54, 1.807) is 38.5 Å². The summed E-state index contributed by atoms with van der Waals surface area (Å²) in [5.41, 5.74) is 8.08. The zero-order chi connectivity index (χ0) is 24.4. The zero-order valence-electron chi connectivity index (χ0n) is 18.7. The molecule has 0 saturated carbocycles. The number of nitrogens with one attached hydrogen (secondary N) is 1. The van der Waals surface area contributed by atoms with Crippen molar-refractivity contribution in [1.29, 1.82) is 5.26 Å². The van der Waals surface area contributed by atoms with Gasteiger partial charge in [-0.2, -0.15) is 5.26 Å². The number of carbonyl (C=O) groups excluding carboxylic acids is 1. The molecule has 0 spiro atoms. The molecule has 0 saturated heterocycles. The first-order chi connectivity index (χ1) is 16.3. The minimum atomic E-state index is -0.540. The highest BCUT2D eigenvalue weighted by atomic mass is 19.1. The van der Waals surface area contributed by atoms with Gasteiger partial charge in [0.2, 0.25) is 0 Å². The minimum absolute atomic E-state index is 0.0440. The van der Waals surface area contributed by atoms with Gasteiger partial charge in [0.25, 0.3) is 5.91 Å². The second-order valence-corrected chi connectivity index (χ2v) is 7.78. The quantitative estimate of drug-likeness (QED) is 0.466. The number of pyridine rings is 2. The molecule has 0 aliphatic carbocycles. The van der Waals surface area contributed by atoms with E-state index in [0.717, 1.165) is 0 Å². The Balaban J connectivity index is 2.02. The van der Waals surface area contributed by atoms with Crippen LogP contribution in [0.4, 0.5) is 16.0 Å². The van der Waals surface area contributed by atoms with Gasteiger partial charge in [-0.1, -0.05) is 6.07 Å². The molecule has 9 nitrogen and oxygen atoms in total. The molecule has 0 aliphatic rings. The summed E-state index contributed by atoms with van der Waals surface area (Å²) >= 11 is 0. The van der Waals surface area contributed by atoms with Gasteiger partial charge < -0.3 is 16.0 Å². The Bertz CT molecular complexity index is 1430. The summed E-state index contributed by atoms with van der Waals surface area (Å²) in [4.78, 5) is 32.0. The van der Waals surface area contributed by atoms with Crippen molar-refractivity contribution in [2.75, 3.05) is 25.1 Å². The first-order valence-corrected chi connectivity index (χ1v) is 10.3. The number of halogens is 1. The van der Waals surface area contributed by atoms with E-state index in [4.69, 9.17) is 10.7 Å². The molecule has 170 valence electrons. The van der Waals surface area contributed by atoms with Crippen molar-refractivity contribution in [2.24, 2.45) is 0 Å². The Morgan fingerprint density at radius 3 is 2.68 bits per heavy atom. The predicted molar refractivity (Wildman–Crippen MR) is 126 cm³/mol. The maximum atomic E-state index is 14.2. The molecule has 34 heavy (non-hydrogen) atoms. The fourth-order valence-corrected chi connectivity index (χ4v) is 3.68. The first-order valence-electron chi connectivity index (χ1n) is 10.3. The SMILES string of the molecule is CC(Nc1ncnc(N)c1C#N)c1nc2ccc(F)cc2c(C(=O)N(C)C)c1-c1ccccn1. The van der Waals surface area contributed by atoms with Crippen LogP contribution in [0.3, 0.4) is 0 Å². The lowest BCUT2D eigenvalue weighted by molar-refractivity contribution is 0.0830. The van der Waals surface area contributed by atoms with Crippen molar-refractivity contribution in [1.82, 2.24) is 24.8 Å². The molecule has 0 aliphatic heterocycles. The van der Waals surface area contributed by atoms with Crippen LogP contribution in [0.25, 0.3) is 22.2 Å². The smallest absolute Gasteiger partial charge is 0.254 e. The molecule has 0 fully saturated rings. The Hall–Kier alpha value is -4.65. The van der Waals surface area contributed by atoms with E-state index in [9.17, 15) is 14.4 Å². The number of nitriles is 1. The average Bonchev–Trinajstić information content (AvgIpc) is 2.83. The zero-order valence-corrected chi connectivity index (χ0v) is 18.7. The molecule has 0 bridgehead atoms. The molecular formula is C24H21FN8O. The predicted octanol–water partition coefficient (Wildman–Crippen LogP) is 3.55. The maximum Gasteiger partial charge on any atom is 0.254 e. The maximum absolute atomic E-state index is 14.2. The van der Waals surface area contributed by atoms with Crippen LogP contribution in [0.2, 0.25) is 0 Å². The molecule has 3 heterocycles. The third kappa shape index (κ3) is 4.06. The van der Waals surface area contributed by atoms with Crippen LogP contribution in [0, 0.1) is 17.1 Å². The number of nitrogens with two attached hydrogens (primary N) is 1. The third-order valence-corrected chi connectivity index (χ3v) is 5.27. The van der Waals surface area contributed by atoms with E-state index < -0.39 is 11.9 Å². The molecule has 0 radical (unpaired) electrons. The van der Waals surface area contributed by atoms with E-state index in [0.29, 0.717) is 27.9 Å². The Morgan fingerprint density at radius 2 is 2.00 bits per heavy atom. The van der Waals surface area contributed by atoms with Gasteiger partial charge in [0.15, 0.2) is 0 Å². The highest BCUT2D eigenvalue weighted by Gasteiger charge is 2.27. The Kier molecular flexibility index (Phi) is 6.01. The summed E-state index contributed by atoms with van der Waals surface area (Å²) in [6.45, 7) is 1.81. The largest absolute Gasteiger partial charge is 0.382 e. The van der Waals surface area contributed by atoms with Gasteiger partial charge in [0, 0.05) is 31.2 Å². The fraction of sp³-hybridized carbons (Fsp3) is 0.167. The standard InChI is InChI=1S/C24H21FN8O/c1-13(31-23-16(11-26)22(27)29-12-30-23)21-20(18-6-4-5-9-28-18)19(24(34)33(2)3)15-10-14(25)7-8-17(15)32-21/h4-10,12-13H,1-3H3,(H3,27,29,30,31). The van der Waals surface area contributed by atoms with Gasteiger partial charge in [-0.25, -0.2) is 19.3 Å². The van der Waals surface area contributed by atoms with Gasteiger partial charge in [0.05, 0.1) is 28.5 Å². The number of hydrogen-bond acceptors (Lipinski definition) is 8. The van der Waals surface area contributed by atoms with Crippen LogP contribution in [-0.4, -0.2) is 44.8 Å².